The van der Waals surface area contributed by atoms with Crippen LogP contribution in [0.4, 0.5) is 0 Å². The Bertz CT molecular complexity index is 811. The molecule has 0 aromatic rings. The number of carbonyl (C=O) groups is 1. The van der Waals surface area contributed by atoms with Crippen LogP contribution in [-0.4, -0.2) is 64.2 Å². The lowest BCUT2D eigenvalue weighted by molar-refractivity contribution is -0.970. The predicted octanol–water partition coefficient (Wildman–Crippen LogP) is -1.05. The number of nitro groups is 7. The van der Waals surface area contributed by atoms with Crippen molar-refractivity contribution in [2.75, 3.05) is 6.61 Å². The normalized spacial score (nSPS) is 12.0. The number of rotatable bonds is 14. The van der Waals surface area contributed by atoms with Crippen LogP contribution in [0.5, 0.6) is 0 Å². The zero-order chi connectivity index (χ0) is 26.5. The maximum absolute atomic E-state index is 12.3. The molecule has 0 rings (SSSR count). The summed E-state index contributed by atoms with van der Waals surface area (Å²) in [6, 6.07) is 0. The molecule has 0 radical (unpaired) electrons. The average molecular weight is 487 g/mol. The summed E-state index contributed by atoms with van der Waals surface area (Å²) in [6.45, 7) is -1.62. The number of ether oxygens (including phenoxy) is 1. The highest BCUT2D eigenvalue weighted by Gasteiger charge is 2.72. The number of carbonyl (C=O) groups excluding carboxylic acids is 1. The molecule has 0 saturated heterocycles. The van der Waals surface area contributed by atoms with Gasteiger partial charge >= 0.3 is 29.7 Å². The molecule has 23 nitrogen and oxygen atoms in total. The van der Waals surface area contributed by atoms with E-state index in [-0.39, 0.29) is 0 Å². The molecule has 0 aliphatic carbocycles. The first kappa shape index (κ1) is 28.3. The second-order valence-corrected chi connectivity index (χ2v) is 6.72. The molecule has 0 saturated carbocycles. The Morgan fingerprint density at radius 2 is 0.909 bits per heavy atom. The van der Waals surface area contributed by atoms with Crippen molar-refractivity contribution < 1.29 is 44.0 Å². The van der Waals surface area contributed by atoms with Gasteiger partial charge in [-0.2, -0.15) is 0 Å². The average Bonchev–Trinajstić information content (AvgIpc) is 2.65. The lowest BCUT2D eigenvalue weighted by Crippen LogP contribution is -2.57. The van der Waals surface area contributed by atoms with Crippen molar-refractivity contribution in [3.05, 3.63) is 70.8 Å². The Balaban J connectivity index is 6.39. The standard InChI is InChI=1S/C10H13N7O16/c1-8(11(19)20,12(21)22)3-6(4-9(2,13(23)24)14(25)26)7(18)33-5-10(15(27)28,16(29)30)17(31)32/h6H,3-5H2,1-2H3. The van der Waals surface area contributed by atoms with Crippen LogP contribution < -0.4 is 0 Å². The largest absolute Gasteiger partial charge is 0.734 e. The minimum absolute atomic E-state index is 0.318. The summed E-state index contributed by atoms with van der Waals surface area (Å²) in [5.41, 5.74) is -6.60. The highest BCUT2D eigenvalue weighted by Crippen LogP contribution is 2.31. The monoisotopic (exact) mass is 487 g/mol. The molecule has 184 valence electrons. The Labute approximate surface area is 178 Å². The van der Waals surface area contributed by atoms with E-state index in [4.69, 9.17) is 0 Å². The lowest BCUT2D eigenvalue weighted by atomic mass is 9.88. The second-order valence-electron chi connectivity index (χ2n) is 6.72. The van der Waals surface area contributed by atoms with Gasteiger partial charge in [-0.15, -0.1) is 0 Å². The predicted molar refractivity (Wildman–Crippen MR) is 92.2 cm³/mol. The minimum Gasteiger partial charge on any atom is -0.441 e. The molecular weight excluding hydrogens is 474 g/mol. The van der Waals surface area contributed by atoms with Crippen LogP contribution in [-0.2, 0) is 9.53 Å². The summed E-state index contributed by atoms with van der Waals surface area (Å²) in [5, 5.41) is 77.1. The molecule has 0 unspecified atom stereocenters. The third-order valence-corrected chi connectivity index (χ3v) is 4.46. The van der Waals surface area contributed by atoms with E-state index in [1.807, 2.05) is 0 Å². The summed E-state index contributed by atoms with van der Waals surface area (Å²) >= 11 is 0. The molecule has 23 heteroatoms. The number of nitrogens with zero attached hydrogens (tertiary/aromatic N) is 7. The van der Waals surface area contributed by atoms with Gasteiger partial charge < -0.3 is 4.74 Å². The molecule has 0 aliphatic rings. The zero-order valence-corrected chi connectivity index (χ0v) is 16.4. The van der Waals surface area contributed by atoms with Crippen molar-refractivity contribution in [1.29, 1.82) is 0 Å². The van der Waals surface area contributed by atoms with Crippen LogP contribution in [0.2, 0.25) is 0 Å². The highest BCUT2D eigenvalue weighted by molar-refractivity contribution is 5.72. The Morgan fingerprint density at radius 3 is 1.12 bits per heavy atom. The van der Waals surface area contributed by atoms with E-state index in [2.05, 4.69) is 4.74 Å². The van der Waals surface area contributed by atoms with E-state index in [0.29, 0.717) is 13.8 Å². The second kappa shape index (κ2) is 9.60. The van der Waals surface area contributed by atoms with Crippen molar-refractivity contribution in [2.24, 2.45) is 5.92 Å². The smallest absolute Gasteiger partial charge is 0.441 e. The van der Waals surface area contributed by atoms with E-state index in [0.717, 1.165) is 0 Å². The molecule has 0 aliphatic heterocycles. The molecule has 0 amide bonds. The fourth-order valence-corrected chi connectivity index (χ4v) is 2.25. The van der Waals surface area contributed by atoms with Crippen molar-refractivity contribution in [3.63, 3.8) is 0 Å². The van der Waals surface area contributed by atoms with Crippen LogP contribution in [0.15, 0.2) is 0 Å². The van der Waals surface area contributed by atoms with Crippen molar-refractivity contribution in [3.8, 4) is 0 Å². The number of hydrogen-bond acceptors (Lipinski definition) is 16. The van der Waals surface area contributed by atoms with Gasteiger partial charge in [-0.25, -0.2) is 0 Å². The third kappa shape index (κ3) is 5.31. The topological polar surface area (TPSA) is 328 Å². The minimum atomic E-state index is -4.37. The van der Waals surface area contributed by atoms with Crippen LogP contribution in [0.1, 0.15) is 26.7 Å². The van der Waals surface area contributed by atoms with E-state index < -0.39 is 82.9 Å². The molecule has 0 fully saturated rings. The van der Waals surface area contributed by atoms with E-state index >= 15 is 0 Å². The van der Waals surface area contributed by atoms with Crippen LogP contribution in [0, 0.1) is 76.7 Å². The molecular formula is C10H13N7O16. The maximum atomic E-state index is 12.3. The van der Waals surface area contributed by atoms with Crippen molar-refractivity contribution in [1.82, 2.24) is 0 Å². The first-order chi connectivity index (χ1) is 14.8. The quantitative estimate of drug-likeness (QED) is 0.122. The Hall–Kier alpha value is -4.73. The summed E-state index contributed by atoms with van der Waals surface area (Å²) in [5.74, 6) is -8.98. The Morgan fingerprint density at radius 1 is 0.636 bits per heavy atom. The van der Waals surface area contributed by atoms with Crippen molar-refractivity contribution in [2.45, 2.75) is 43.8 Å². The van der Waals surface area contributed by atoms with E-state index in [9.17, 15) is 75.6 Å². The van der Waals surface area contributed by atoms with Gasteiger partial charge in [-0.3, -0.25) is 75.6 Å². The zero-order valence-electron chi connectivity index (χ0n) is 16.4. The fraction of sp³-hybridized carbons (Fsp3) is 0.900. The van der Waals surface area contributed by atoms with Gasteiger partial charge in [0.05, 0.1) is 39.5 Å². The number of esters is 1. The van der Waals surface area contributed by atoms with Gasteiger partial charge in [0.1, 0.15) is 12.8 Å². The van der Waals surface area contributed by atoms with Crippen molar-refractivity contribution >= 4 is 5.97 Å². The molecule has 0 N–H and O–H groups in total. The third-order valence-electron chi connectivity index (χ3n) is 4.46. The van der Waals surface area contributed by atoms with E-state index in [1.165, 1.54) is 0 Å². The van der Waals surface area contributed by atoms with E-state index in [1.54, 1.807) is 0 Å². The first-order valence-corrected chi connectivity index (χ1v) is 7.98. The molecule has 0 heterocycles. The van der Waals surface area contributed by atoms with Gasteiger partial charge in [0.2, 0.25) is 0 Å². The van der Waals surface area contributed by atoms with Gasteiger partial charge in [-0.1, -0.05) is 0 Å². The molecule has 0 aromatic heterocycles. The van der Waals surface area contributed by atoms with Crippen LogP contribution in [0.25, 0.3) is 0 Å². The first-order valence-electron chi connectivity index (χ1n) is 7.98. The molecule has 0 spiro atoms. The SMILES string of the molecule is CC(CC(CC(C)([N+](=O)[O-])[N+](=O)[O-])C(=O)OCC([N+](=O)[O-])([N+](=O)[O-])[N+](=O)[O-])([N+](=O)[O-])[N+](=O)[O-]. The van der Waals surface area contributed by atoms with Gasteiger partial charge in [0, 0.05) is 0 Å². The Kier molecular flexibility index (Phi) is 8.23. The summed E-state index contributed by atoms with van der Waals surface area (Å²) in [4.78, 5) is 77.0. The molecule has 0 atom stereocenters. The fourth-order valence-electron chi connectivity index (χ4n) is 2.25. The van der Waals surface area contributed by atoms with Gasteiger partial charge in [0.15, 0.2) is 14.8 Å². The van der Waals surface area contributed by atoms with Crippen LogP contribution >= 0.6 is 0 Å². The summed E-state index contributed by atoms with van der Waals surface area (Å²) in [7, 11) is 0. The molecule has 0 aromatic carbocycles. The summed E-state index contributed by atoms with van der Waals surface area (Å²) < 4.78 is 4.11. The summed E-state index contributed by atoms with van der Waals surface area (Å²) in [6.07, 6.45) is -3.24. The van der Waals surface area contributed by atoms with Gasteiger partial charge in [0.25, 0.3) is 0 Å². The maximum Gasteiger partial charge on any atom is 0.734 e. The van der Waals surface area contributed by atoms with Crippen LogP contribution in [0.3, 0.4) is 0 Å². The lowest BCUT2D eigenvalue weighted by Gasteiger charge is -2.21. The molecule has 33 heavy (non-hydrogen) atoms. The number of hydrogen-bond donors (Lipinski definition) is 0. The van der Waals surface area contributed by atoms with Gasteiger partial charge in [-0.05, 0) is 0 Å². The highest BCUT2D eigenvalue weighted by atomic mass is 16.7. The molecule has 0 bridgehead atoms.